The van der Waals surface area contributed by atoms with E-state index in [4.69, 9.17) is 26.4 Å². The van der Waals surface area contributed by atoms with Crippen LogP contribution >= 0.6 is 0 Å². The number of anilines is 2. The number of aromatic amines is 1. The molecule has 0 saturated carbocycles. The lowest BCUT2D eigenvalue weighted by Gasteiger charge is -2.25. The molecule has 2 aromatic carbocycles. The topological polar surface area (TPSA) is 103 Å². The Kier molecular flexibility index (Phi) is 5.79. The maximum absolute atomic E-state index is 12.2. The number of hydrogen-bond acceptors (Lipinski definition) is 7. The number of fused-ring (bicyclic) bond motifs is 1. The van der Waals surface area contributed by atoms with Crippen molar-refractivity contribution in [3.8, 4) is 29.6 Å². The number of nitrogen functional groups attached to an aromatic ring is 1. The maximum atomic E-state index is 12.2. The molecule has 1 heterocycles. The second-order valence-corrected chi connectivity index (χ2v) is 6.25. The number of nitrogens with zero attached hydrogens (tertiary/aromatic N) is 2. The van der Waals surface area contributed by atoms with Crippen LogP contribution in [0.5, 0.6) is 17.2 Å². The minimum atomic E-state index is -0.286. The Balaban J connectivity index is 2.02. The van der Waals surface area contributed by atoms with Gasteiger partial charge in [-0.2, -0.15) is 0 Å². The summed E-state index contributed by atoms with van der Waals surface area (Å²) in [7, 11) is 4.66. The molecule has 0 spiro atoms. The normalized spacial score (nSPS) is 10.4. The number of ether oxygens (including phenoxy) is 3. The molecular weight excluding hydrogens is 372 g/mol. The van der Waals surface area contributed by atoms with Crippen LogP contribution in [0.25, 0.3) is 10.9 Å². The van der Waals surface area contributed by atoms with Gasteiger partial charge in [0.1, 0.15) is 0 Å². The first-order chi connectivity index (χ1) is 14.0. The van der Waals surface area contributed by atoms with E-state index in [2.05, 4.69) is 15.9 Å². The molecule has 0 aliphatic heterocycles. The van der Waals surface area contributed by atoms with E-state index in [0.717, 1.165) is 11.3 Å². The molecule has 0 atom stereocenters. The molecule has 0 fully saturated rings. The number of terminal acetylenes is 1. The molecule has 3 aromatic rings. The first kappa shape index (κ1) is 19.9. The van der Waals surface area contributed by atoms with E-state index in [-0.39, 0.29) is 11.5 Å². The number of nitrogens with two attached hydrogens (primary N) is 1. The van der Waals surface area contributed by atoms with Gasteiger partial charge in [0.25, 0.3) is 5.56 Å². The van der Waals surface area contributed by atoms with Crippen molar-refractivity contribution >= 4 is 22.5 Å². The molecular formula is C21H22N4O4. The van der Waals surface area contributed by atoms with E-state index >= 15 is 0 Å². The Morgan fingerprint density at radius 1 is 1.14 bits per heavy atom. The zero-order valence-corrected chi connectivity index (χ0v) is 16.5. The maximum Gasteiger partial charge on any atom is 0.260 e. The minimum Gasteiger partial charge on any atom is -0.493 e. The van der Waals surface area contributed by atoms with Gasteiger partial charge >= 0.3 is 0 Å². The highest BCUT2D eigenvalue weighted by Gasteiger charge is 2.17. The fraction of sp³-hybridized carbons (Fsp3) is 0.238. The SMILES string of the molecule is C#CCN(Cc1ccc2nc(N)[nH]c(=O)c2c1)c1cc(OC)c(OC)c(OC)c1. The van der Waals surface area contributed by atoms with Gasteiger partial charge in [-0.1, -0.05) is 12.0 Å². The molecule has 29 heavy (non-hydrogen) atoms. The highest BCUT2D eigenvalue weighted by molar-refractivity contribution is 5.79. The lowest BCUT2D eigenvalue weighted by Crippen LogP contribution is -2.23. The number of benzene rings is 2. The van der Waals surface area contributed by atoms with Crippen LogP contribution in [0.1, 0.15) is 5.56 Å². The third-order valence-corrected chi connectivity index (χ3v) is 4.46. The van der Waals surface area contributed by atoms with E-state index in [1.165, 1.54) is 0 Å². The molecule has 0 amide bonds. The monoisotopic (exact) mass is 394 g/mol. The van der Waals surface area contributed by atoms with Crippen LogP contribution in [-0.4, -0.2) is 37.8 Å². The van der Waals surface area contributed by atoms with E-state index in [9.17, 15) is 4.79 Å². The van der Waals surface area contributed by atoms with E-state index in [0.29, 0.717) is 41.2 Å². The third kappa shape index (κ3) is 4.04. The predicted octanol–water partition coefficient (Wildman–Crippen LogP) is 2.17. The van der Waals surface area contributed by atoms with Gasteiger partial charge in [-0.15, -0.1) is 6.42 Å². The van der Waals surface area contributed by atoms with Gasteiger partial charge in [-0.3, -0.25) is 9.78 Å². The van der Waals surface area contributed by atoms with Gasteiger partial charge < -0.3 is 24.8 Å². The lowest BCUT2D eigenvalue weighted by molar-refractivity contribution is 0.324. The van der Waals surface area contributed by atoms with Crippen LogP contribution in [0.3, 0.4) is 0 Å². The molecule has 0 bridgehead atoms. The molecule has 0 unspecified atom stereocenters. The van der Waals surface area contributed by atoms with Crippen molar-refractivity contribution in [2.45, 2.75) is 6.54 Å². The van der Waals surface area contributed by atoms with E-state index in [1.54, 1.807) is 33.5 Å². The van der Waals surface area contributed by atoms with Crippen molar-refractivity contribution < 1.29 is 14.2 Å². The van der Waals surface area contributed by atoms with Gasteiger partial charge in [0, 0.05) is 24.4 Å². The number of nitrogens with one attached hydrogen (secondary N) is 1. The van der Waals surface area contributed by atoms with Crippen molar-refractivity contribution in [3.63, 3.8) is 0 Å². The van der Waals surface area contributed by atoms with Crippen molar-refractivity contribution in [2.24, 2.45) is 0 Å². The van der Waals surface area contributed by atoms with Gasteiger partial charge in [-0.05, 0) is 17.7 Å². The Morgan fingerprint density at radius 2 is 1.83 bits per heavy atom. The van der Waals surface area contributed by atoms with Crippen molar-refractivity contribution in [3.05, 3.63) is 46.2 Å². The van der Waals surface area contributed by atoms with Crippen LogP contribution in [0.4, 0.5) is 11.6 Å². The van der Waals surface area contributed by atoms with Gasteiger partial charge in [0.15, 0.2) is 11.5 Å². The van der Waals surface area contributed by atoms with Gasteiger partial charge in [0.2, 0.25) is 11.7 Å². The fourth-order valence-corrected chi connectivity index (χ4v) is 3.12. The number of H-pyrrole nitrogens is 1. The largest absolute Gasteiger partial charge is 0.493 e. The molecule has 3 N–H and O–H groups in total. The van der Waals surface area contributed by atoms with Crippen molar-refractivity contribution in [1.82, 2.24) is 9.97 Å². The smallest absolute Gasteiger partial charge is 0.260 e. The Hall–Kier alpha value is -3.86. The number of hydrogen-bond donors (Lipinski definition) is 2. The summed E-state index contributed by atoms with van der Waals surface area (Å²) in [6.45, 7) is 0.801. The predicted molar refractivity (Wildman–Crippen MR) is 113 cm³/mol. The third-order valence-electron chi connectivity index (χ3n) is 4.46. The summed E-state index contributed by atoms with van der Waals surface area (Å²) in [4.78, 5) is 20.8. The number of methoxy groups -OCH3 is 3. The fourth-order valence-electron chi connectivity index (χ4n) is 3.12. The zero-order valence-electron chi connectivity index (χ0n) is 16.5. The first-order valence-corrected chi connectivity index (χ1v) is 8.77. The van der Waals surface area contributed by atoms with E-state index < -0.39 is 0 Å². The summed E-state index contributed by atoms with van der Waals surface area (Å²) in [5.74, 6) is 4.30. The Labute approximate surface area is 168 Å². The second-order valence-electron chi connectivity index (χ2n) is 6.25. The second kappa shape index (κ2) is 8.44. The first-order valence-electron chi connectivity index (χ1n) is 8.77. The Morgan fingerprint density at radius 3 is 2.41 bits per heavy atom. The Bertz CT molecular complexity index is 1110. The standard InChI is InChI=1S/C21H22N4O4/c1-5-8-25(14-10-17(27-2)19(29-4)18(11-14)28-3)12-13-6-7-16-15(9-13)20(26)24-21(22)23-16/h1,6-7,9-11H,8,12H2,2-4H3,(H3,22,23,24,26). The lowest BCUT2D eigenvalue weighted by atomic mass is 10.1. The van der Waals surface area contributed by atoms with E-state index in [1.807, 2.05) is 23.1 Å². The van der Waals surface area contributed by atoms with Gasteiger partial charge in [-0.25, -0.2) is 4.98 Å². The molecule has 0 aliphatic rings. The van der Waals surface area contributed by atoms with Crippen LogP contribution in [-0.2, 0) is 6.54 Å². The summed E-state index contributed by atoms with van der Waals surface area (Å²) in [6, 6.07) is 9.08. The average molecular weight is 394 g/mol. The summed E-state index contributed by atoms with van der Waals surface area (Å²) in [6.07, 6.45) is 5.59. The molecule has 150 valence electrons. The zero-order chi connectivity index (χ0) is 21.0. The summed E-state index contributed by atoms with van der Waals surface area (Å²) in [5.41, 5.74) is 7.53. The minimum absolute atomic E-state index is 0.0848. The van der Waals surface area contributed by atoms with Crippen LogP contribution < -0.4 is 30.4 Å². The molecule has 3 rings (SSSR count). The molecule has 8 nitrogen and oxygen atoms in total. The molecule has 1 aromatic heterocycles. The van der Waals surface area contributed by atoms with Crippen LogP contribution in [0, 0.1) is 12.3 Å². The van der Waals surface area contributed by atoms with Crippen LogP contribution in [0.2, 0.25) is 0 Å². The summed E-state index contributed by atoms with van der Waals surface area (Å²) >= 11 is 0. The van der Waals surface area contributed by atoms with Crippen molar-refractivity contribution in [2.75, 3.05) is 38.5 Å². The van der Waals surface area contributed by atoms with Crippen LogP contribution in [0.15, 0.2) is 35.1 Å². The molecule has 8 heteroatoms. The van der Waals surface area contributed by atoms with Gasteiger partial charge in [0.05, 0.1) is 38.8 Å². The van der Waals surface area contributed by atoms with Crippen molar-refractivity contribution in [1.29, 1.82) is 0 Å². The quantitative estimate of drug-likeness (QED) is 0.592. The number of aromatic nitrogens is 2. The molecule has 0 radical (unpaired) electrons. The summed E-state index contributed by atoms with van der Waals surface area (Å²) < 4.78 is 16.2. The molecule has 0 aliphatic carbocycles. The highest BCUT2D eigenvalue weighted by Crippen LogP contribution is 2.41. The number of rotatable bonds is 7. The summed E-state index contributed by atoms with van der Waals surface area (Å²) in [5, 5.41) is 0.460. The average Bonchev–Trinajstić information content (AvgIpc) is 2.72. The molecule has 0 saturated heterocycles. The highest BCUT2D eigenvalue weighted by atomic mass is 16.5.